The molecule has 4 aliphatic carbocycles. The molecule has 3 heteroatoms. The molecule has 0 unspecified atom stereocenters. The Morgan fingerprint density at radius 2 is 1.83 bits per heavy atom. The van der Waals surface area contributed by atoms with E-state index in [1.165, 1.54) is 30.4 Å². The predicted octanol–water partition coefficient (Wildman–Crippen LogP) is 4.70. The maximum absolute atomic E-state index is 10.1. The number of hydrogen-bond acceptors (Lipinski definition) is 3. The van der Waals surface area contributed by atoms with Crippen LogP contribution in [0.4, 0.5) is 0 Å². The summed E-state index contributed by atoms with van der Waals surface area (Å²) in [6.45, 7) is 6.80. The maximum atomic E-state index is 10.1. The van der Waals surface area contributed by atoms with E-state index >= 15 is 0 Å². The van der Waals surface area contributed by atoms with Crippen LogP contribution in [-0.4, -0.2) is 22.1 Å². The Labute approximate surface area is 145 Å². The normalized spacial score (nSPS) is 48.1. The minimum absolute atomic E-state index is 0.127. The quantitative estimate of drug-likeness (QED) is 0.317. The van der Waals surface area contributed by atoms with Crippen molar-refractivity contribution >= 4 is 5.71 Å². The molecule has 0 aliphatic heterocycles. The van der Waals surface area contributed by atoms with Crippen LogP contribution < -0.4 is 0 Å². The van der Waals surface area contributed by atoms with Crippen molar-refractivity contribution in [3.8, 4) is 0 Å². The van der Waals surface area contributed by atoms with Gasteiger partial charge in [0.25, 0.3) is 0 Å². The van der Waals surface area contributed by atoms with E-state index in [1.54, 1.807) is 0 Å². The second kappa shape index (κ2) is 5.45. The molecule has 0 bridgehead atoms. The Kier molecular flexibility index (Phi) is 3.72. The molecule has 0 heterocycles. The second-order valence-electron chi connectivity index (χ2n) is 9.15. The van der Waals surface area contributed by atoms with E-state index in [9.17, 15) is 10.3 Å². The summed E-state index contributed by atoms with van der Waals surface area (Å²) >= 11 is 0. The fourth-order valence-corrected chi connectivity index (χ4v) is 6.82. The molecule has 6 atom stereocenters. The summed E-state index contributed by atoms with van der Waals surface area (Å²) in [7, 11) is 0. The molecule has 0 saturated heterocycles. The third-order valence-corrected chi connectivity index (χ3v) is 8.20. The van der Waals surface area contributed by atoms with E-state index in [-0.39, 0.29) is 11.5 Å². The summed E-state index contributed by atoms with van der Waals surface area (Å²) in [5.74, 6) is 2.15. The van der Waals surface area contributed by atoms with Crippen molar-refractivity contribution in [3.05, 3.63) is 23.3 Å². The first-order chi connectivity index (χ1) is 11.4. The van der Waals surface area contributed by atoms with Gasteiger partial charge < -0.3 is 10.3 Å². The zero-order valence-electron chi connectivity index (χ0n) is 15.3. The highest BCUT2D eigenvalue weighted by Crippen LogP contribution is 2.65. The summed E-state index contributed by atoms with van der Waals surface area (Å²) in [4.78, 5) is 0. The highest BCUT2D eigenvalue weighted by Gasteiger charge is 2.56. The van der Waals surface area contributed by atoms with Crippen molar-refractivity contribution < 1.29 is 10.3 Å². The van der Waals surface area contributed by atoms with Crippen LogP contribution in [0.25, 0.3) is 0 Å². The zero-order valence-corrected chi connectivity index (χ0v) is 15.3. The molecule has 132 valence electrons. The number of allylic oxidation sites excluding steroid dienone is 3. The van der Waals surface area contributed by atoms with Crippen LogP contribution in [0.15, 0.2) is 28.5 Å². The first-order valence-electron chi connectivity index (χ1n) is 9.67. The molecule has 2 fully saturated rings. The second-order valence-corrected chi connectivity index (χ2v) is 9.15. The third-order valence-electron chi connectivity index (χ3n) is 8.20. The van der Waals surface area contributed by atoms with Crippen LogP contribution in [0.5, 0.6) is 0 Å². The van der Waals surface area contributed by atoms with Gasteiger partial charge in [0.05, 0.1) is 11.8 Å². The van der Waals surface area contributed by atoms with Gasteiger partial charge in [-0.3, -0.25) is 0 Å². The van der Waals surface area contributed by atoms with Crippen LogP contribution in [0.3, 0.4) is 0 Å². The molecule has 24 heavy (non-hydrogen) atoms. The Balaban J connectivity index is 1.66. The van der Waals surface area contributed by atoms with Gasteiger partial charge in [-0.25, -0.2) is 0 Å². The van der Waals surface area contributed by atoms with Gasteiger partial charge >= 0.3 is 0 Å². The minimum Gasteiger partial charge on any atom is -0.411 e. The summed E-state index contributed by atoms with van der Waals surface area (Å²) < 4.78 is 0. The van der Waals surface area contributed by atoms with E-state index in [0.29, 0.717) is 11.3 Å². The molecule has 4 aliphatic rings. The van der Waals surface area contributed by atoms with Crippen LogP contribution in [0.1, 0.15) is 65.7 Å². The molecule has 3 nitrogen and oxygen atoms in total. The lowest BCUT2D eigenvalue weighted by atomic mass is 9.47. The summed E-state index contributed by atoms with van der Waals surface area (Å²) in [5, 5.41) is 22.9. The number of fused-ring (bicyclic) bond motifs is 5. The molecule has 2 N–H and O–H groups in total. The Morgan fingerprint density at radius 3 is 2.58 bits per heavy atom. The average molecular weight is 329 g/mol. The lowest BCUT2D eigenvalue weighted by Gasteiger charge is -2.57. The maximum Gasteiger partial charge on any atom is 0.0799 e. The topological polar surface area (TPSA) is 52.8 Å². The molecule has 4 rings (SSSR count). The first kappa shape index (κ1) is 16.4. The van der Waals surface area contributed by atoms with Crippen molar-refractivity contribution in [2.75, 3.05) is 0 Å². The summed E-state index contributed by atoms with van der Waals surface area (Å²) in [5.41, 5.74) is 4.09. The largest absolute Gasteiger partial charge is 0.411 e. The fourth-order valence-electron chi connectivity index (χ4n) is 6.82. The van der Waals surface area contributed by atoms with Crippen molar-refractivity contribution in [2.45, 2.75) is 71.8 Å². The van der Waals surface area contributed by atoms with Crippen LogP contribution in [0.2, 0.25) is 0 Å². The average Bonchev–Trinajstić information content (AvgIpc) is 2.92. The van der Waals surface area contributed by atoms with Crippen molar-refractivity contribution in [1.29, 1.82) is 0 Å². The highest BCUT2D eigenvalue weighted by atomic mass is 16.4. The molecule has 0 aromatic heterocycles. The van der Waals surface area contributed by atoms with Crippen molar-refractivity contribution in [2.24, 2.45) is 33.7 Å². The molecule has 2 saturated carbocycles. The standard InChI is InChI=1S/C21H31NO2/c1-13(22-24)17-6-7-18-16-5-4-14-12-15(23)8-10-20(14,2)19(16)9-11-21(17,18)3/h4,6,15-16,18-19,23-24H,5,7-12H2,1-3H3/t15-,16-,18-,19-,20-,21+/m0/s1. The lowest BCUT2D eigenvalue weighted by molar-refractivity contribution is -0.0280. The van der Waals surface area contributed by atoms with Crippen LogP contribution in [-0.2, 0) is 0 Å². The zero-order chi connectivity index (χ0) is 17.1. The molecule has 0 aromatic rings. The monoisotopic (exact) mass is 329 g/mol. The molecule has 0 radical (unpaired) electrons. The number of hydrogen-bond donors (Lipinski definition) is 2. The van der Waals surface area contributed by atoms with Gasteiger partial charge in [-0.2, -0.15) is 0 Å². The molecule has 0 amide bonds. The first-order valence-corrected chi connectivity index (χ1v) is 9.67. The van der Waals surface area contributed by atoms with Gasteiger partial charge in [0.15, 0.2) is 0 Å². The number of oxime groups is 1. The molecule has 0 spiro atoms. The SMILES string of the molecule is CC(=NO)C1=CC[C@H]2[C@@H]3CC=C4C[C@@H](O)CC[C@]4(C)[C@H]3CC[C@]12C. The minimum atomic E-state index is -0.127. The van der Waals surface area contributed by atoms with Gasteiger partial charge in [0.1, 0.15) is 0 Å². The van der Waals surface area contributed by atoms with E-state index in [1.807, 2.05) is 6.92 Å². The Hall–Kier alpha value is -1.09. The highest BCUT2D eigenvalue weighted by molar-refractivity contribution is 5.99. The summed E-state index contributed by atoms with van der Waals surface area (Å²) in [6.07, 6.45) is 12.4. The number of rotatable bonds is 1. The number of aliphatic hydroxyl groups excluding tert-OH is 1. The van der Waals surface area contributed by atoms with Crippen molar-refractivity contribution in [1.82, 2.24) is 0 Å². The van der Waals surface area contributed by atoms with E-state index in [2.05, 4.69) is 31.2 Å². The van der Waals surface area contributed by atoms with E-state index in [4.69, 9.17) is 0 Å². The number of nitrogens with zero attached hydrogens (tertiary/aromatic N) is 1. The third kappa shape index (κ3) is 2.09. The number of aliphatic hydroxyl groups is 1. The molecular weight excluding hydrogens is 298 g/mol. The van der Waals surface area contributed by atoms with E-state index in [0.717, 1.165) is 43.2 Å². The fraction of sp³-hybridized carbons (Fsp3) is 0.762. The van der Waals surface area contributed by atoms with Gasteiger partial charge in [-0.05, 0) is 86.0 Å². The van der Waals surface area contributed by atoms with Gasteiger partial charge in [-0.1, -0.05) is 36.7 Å². The predicted molar refractivity (Wildman–Crippen MR) is 96.1 cm³/mol. The van der Waals surface area contributed by atoms with Crippen LogP contribution >= 0.6 is 0 Å². The van der Waals surface area contributed by atoms with Gasteiger partial charge in [0, 0.05) is 0 Å². The lowest BCUT2D eigenvalue weighted by Crippen LogP contribution is -2.50. The summed E-state index contributed by atoms with van der Waals surface area (Å²) in [6, 6.07) is 0. The Bertz CT molecular complexity index is 634. The van der Waals surface area contributed by atoms with E-state index < -0.39 is 0 Å². The molecule has 0 aromatic carbocycles. The Morgan fingerprint density at radius 1 is 1.08 bits per heavy atom. The molecular formula is C21H31NO2. The van der Waals surface area contributed by atoms with Gasteiger partial charge in [0.2, 0.25) is 0 Å². The van der Waals surface area contributed by atoms with Crippen molar-refractivity contribution in [3.63, 3.8) is 0 Å². The van der Waals surface area contributed by atoms with Crippen LogP contribution in [0, 0.1) is 28.6 Å². The smallest absolute Gasteiger partial charge is 0.0799 e. The van der Waals surface area contributed by atoms with Gasteiger partial charge in [-0.15, -0.1) is 0 Å².